The molecule has 8 nitrogen and oxygen atoms in total. The first-order chi connectivity index (χ1) is 12.9. The Balaban J connectivity index is 1.96. The van der Waals surface area contributed by atoms with Gasteiger partial charge in [-0.05, 0) is 33.6 Å². The number of nitrogens with one attached hydrogen (secondary N) is 2. The van der Waals surface area contributed by atoms with Crippen LogP contribution in [0.2, 0.25) is 0 Å². The monoisotopic (exact) mass is 393 g/mol. The Labute approximate surface area is 158 Å². The van der Waals surface area contributed by atoms with Gasteiger partial charge in [-0.1, -0.05) is 0 Å². The number of nitrogens with zero attached hydrogens (tertiary/aromatic N) is 5. The number of rotatable bonds is 5. The van der Waals surface area contributed by atoms with Gasteiger partial charge in [0.1, 0.15) is 16.9 Å². The molecule has 1 fully saturated rings. The molecule has 0 aromatic carbocycles. The highest BCUT2D eigenvalue weighted by atomic mass is 19.4. The molecule has 1 saturated carbocycles. The lowest BCUT2D eigenvalue weighted by Gasteiger charge is -2.19. The van der Waals surface area contributed by atoms with Crippen LogP contribution in [0.4, 0.5) is 30.6 Å². The Morgan fingerprint density at radius 3 is 2.50 bits per heavy atom. The molecule has 0 spiro atoms. The van der Waals surface area contributed by atoms with Crippen molar-refractivity contribution in [2.45, 2.75) is 50.9 Å². The van der Waals surface area contributed by atoms with Crippen LogP contribution in [-0.2, 0) is 11.7 Å². The molecule has 0 unspecified atom stereocenters. The molecule has 3 rings (SSSR count). The van der Waals surface area contributed by atoms with Crippen molar-refractivity contribution in [3.8, 4) is 6.07 Å². The van der Waals surface area contributed by atoms with Crippen molar-refractivity contribution in [3.05, 3.63) is 34.4 Å². The topological polar surface area (TPSA) is 109 Å². The molecule has 2 aromatic rings. The molecule has 0 atom stereocenters. The van der Waals surface area contributed by atoms with Crippen LogP contribution in [0.1, 0.15) is 39.2 Å². The van der Waals surface area contributed by atoms with Crippen molar-refractivity contribution < 1.29 is 13.2 Å². The van der Waals surface area contributed by atoms with Gasteiger partial charge in [0.15, 0.2) is 0 Å². The zero-order valence-corrected chi connectivity index (χ0v) is 15.4. The van der Waals surface area contributed by atoms with Gasteiger partial charge in [0.05, 0.1) is 18.0 Å². The molecule has 148 valence electrons. The summed E-state index contributed by atoms with van der Waals surface area (Å²) in [7, 11) is 0. The Morgan fingerprint density at radius 1 is 1.29 bits per heavy atom. The van der Waals surface area contributed by atoms with Gasteiger partial charge in [0.25, 0.3) is 5.56 Å². The van der Waals surface area contributed by atoms with Crippen LogP contribution >= 0.6 is 0 Å². The SMILES string of the molecule is CC1(Nc2ncc(C(F)(F)F)c(Nc3cnn(C(C)(C)C#N)c(=O)c3)n2)CC1. The van der Waals surface area contributed by atoms with E-state index in [1.54, 1.807) is 0 Å². The second-order valence-electron chi connectivity index (χ2n) is 7.43. The highest BCUT2D eigenvalue weighted by Crippen LogP contribution is 2.39. The van der Waals surface area contributed by atoms with Crippen molar-refractivity contribution in [1.29, 1.82) is 5.26 Å². The molecular formula is C17H18F3N7O. The number of halogens is 3. The predicted molar refractivity (Wildman–Crippen MR) is 95.0 cm³/mol. The van der Waals surface area contributed by atoms with Gasteiger partial charge in [-0.25, -0.2) is 9.67 Å². The quantitative estimate of drug-likeness (QED) is 0.804. The third kappa shape index (κ3) is 4.05. The van der Waals surface area contributed by atoms with Crippen LogP contribution < -0.4 is 16.2 Å². The van der Waals surface area contributed by atoms with Gasteiger partial charge in [-0.2, -0.15) is 28.5 Å². The minimum Gasteiger partial charge on any atom is -0.349 e. The summed E-state index contributed by atoms with van der Waals surface area (Å²) in [4.78, 5) is 19.9. The number of hydrogen-bond donors (Lipinski definition) is 2. The van der Waals surface area contributed by atoms with E-state index in [2.05, 4.69) is 25.7 Å². The van der Waals surface area contributed by atoms with Crippen molar-refractivity contribution in [2.75, 3.05) is 10.6 Å². The van der Waals surface area contributed by atoms with Crippen molar-refractivity contribution in [3.63, 3.8) is 0 Å². The van der Waals surface area contributed by atoms with Gasteiger partial charge >= 0.3 is 6.18 Å². The lowest BCUT2D eigenvalue weighted by molar-refractivity contribution is -0.137. The first kappa shape index (κ1) is 19.6. The van der Waals surface area contributed by atoms with E-state index in [9.17, 15) is 18.0 Å². The van der Waals surface area contributed by atoms with E-state index in [1.165, 1.54) is 13.8 Å². The van der Waals surface area contributed by atoms with Crippen molar-refractivity contribution >= 4 is 17.5 Å². The minimum atomic E-state index is -4.68. The second-order valence-corrected chi connectivity index (χ2v) is 7.43. The Bertz CT molecular complexity index is 1000. The first-order valence-corrected chi connectivity index (χ1v) is 8.44. The van der Waals surface area contributed by atoms with E-state index in [0.717, 1.165) is 29.8 Å². The van der Waals surface area contributed by atoms with E-state index in [-0.39, 0.29) is 17.2 Å². The number of anilines is 3. The molecule has 0 saturated heterocycles. The van der Waals surface area contributed by atoms with Crippen LogP contribution in [-0.4, -0.2) is 25.3 Å². The molecular weight excluding hydrogens is 375 g/mol. The molecule has 1 aliphatic rings. The molecule has 1 aliphatic carbocycles. The molecule has 2 aromatic heterocycles. The zero-order valence-electron chi connectivity index (χ0n) is 15.4. The lowest BCUT2D eigenvalue weighted by Crippen LogP contribution is -2.36. The molecule has 2 N–H and O–H groups in total. The maximum atomic E-state index is 13.3. The summed E-state index contributed by atoms with van der Waals surface area (Å²) in [5.41, 5.74) is -3.10. The summed E-state index contributed by atoms with van der Waals surface area (Å²) in [6.45, 7) is 4.91. The largest absolute Gasteiger partial charge is 0.421 e. The maximum absolute atomic E-state index is 13.3. The van der Waals surface area contributed by atoms with Crippen molar-refractivity contribution in [2.24, 2.45) is 0 Å². The fourth-order valence-corrected chi connectivity index (χ4v) is 2.41. The summed E-state index contributed by atoms with van der Waals surface area (Å²) >= 11 is 0. The Morgan fingerprint density at radius 2 is 1.96 bits per heavy atom. The first-order valence-electron chi connectivity index (χ1n) is 8.44. The van der Waals surface area contributed by atoms with Gasteiger partial charge in [0.2, 0.25) is 5.95 Å². The molecule has 0 aliphatic heterocycles. The van der Waals surface area contributed by atoms with E-state index in [4.69, 9.17) is 5.26 Å². The van der Waals surface area contributed by atoms with Crippen LogP contribution in [0, 0.1) is 11.3 Å². The zero-order chi connectivity index (χ0) is 20.7. The van der Waals surface area contributed by atoms with Gasteiger partial charge in [-0.3, -0.25) is 4.79 Å². The number of alkyl halides is 3. The Kier molecular flexibility index (Phi) is 4.53. The summed E-state index contributed by atoms with van der Waals surface area (Å²) in [6.07, 6.45) is -1.08. The van der Waals surface area contributed by atoms with E-state index < -0.39 is 28.7 Å². The van der Waals surface area contributed by atoms with Crippen molar-refractivity contribution in [1.82, 2.24) is 19.7 Å². The van der Waals surface area contributed by atoms with Crippen LogP contribution in [0.3, 0.4) is 0 Å². The predicted octanol–water partition coefficient (Wildman–Crippen LogP) is 3.02. The highest BCUT2D eigenvalue weighted by Gasteiger charge is 2.39. The fourth-order valence-electron chi connectivity index (χ4n) is 2.41. The van der Waals surface area contributed by atoms with Crippen LogP contribution in [0.25, 0.3) is 0 Å². The highest BCUT2D eigenvalue weighted by molar-refractivity contribution is 5.60. The third-order valence-electron chi connectivity index (χ3n) is 4.37. The molecule has 2 heterocycles. The van der Waals surface area contributed by atoms with Gasteiger partial charge in [-0.15, -0.1) is 0 Å². The summed E-state index contributed by atoms with van der Waals surface area (Å²) in [5.74, 6) is -0.435. The minimum absolute atomic E-state index is 0.0165. The number of nitriles is 1. The number of hydrogen-bond acceptors (Lipinski definition) is 7. The molecule has 0 amide bonds. The summed E-state index contributed by atoms with van der Waals surface area (Å²) < 4.78 is 40.9. The molecule has 0 bridgehead atoms. The van der Waals surface area contributed by atoms with Crippen LogP contribution in [0.15, 0.2) is 23.3 Å². The van der Waals surface area contributed by atoms with E-state index in [0.29, 0.717) is 6.20 Å². The average molecular weight is 393 g/mol. The van der Waals surface area contributed by atoms with E-state index in [1.807, 2.05) is 13.0 Å². The standard InChI is InChI=1S/C17H18F3N7O/c1-15(2,9-21)27-12(28)6-10(7-23-27)24-13-11(17(18,19)20)8-22-14(25-13)26-16(3)4-5-16/h6-8H,4-5H2,1-3H3,(H2,22,24,25,26). The molecule has 28 heavy (non-hydrogen) atoms. The lowest BCUT2D eigenvalue weighted by atomic mass is 10.1. The van der Waals surface area contributed by atoms with Crippen LogP contribution in [0.5, 0.6) is 0 Å². The third-order valence-corrected chi connectivity index (χ3v) is 4.37. The number of aromatic nitrogens is 4. The molecule has 11 heteroatoms. The van der Waals surface area contributed by atoms with Gasteiger partial charge < -0.3 is 10.6 Å². The average Bonchev–Trinajstić information content (AvgIpc) is 3.30. The van der Waals surface area contributed by atoms with E-state index >= 15 is 0 Å². The summed E-state index contributed by atoms with van der Waals surface area (Å²) in [6, 6.07) is 2.99. The smallest absolute Gasteiger partial charge is 0.349 e. The molecule has 0 radical (unpaired) electrons. The maximum Gasteiger partial charge on any atom is 0.421 e. The normalized spacial score (nSPS) is 15.6. The Hall–Kier alpha value is -3.16. The van der Waals surface area contributed by atoms with Gasteiger partial charge in [0, 0.05) is 17.8 Å². The summed E-state index contributed by atoms with van der Waals surface area (Å²) in [5, 5.41) is 18.5. The second kappa shape index (κ2) is 6.47. The fraction of sp³-hybridized carbons (Fsp3) is 0.471.